The average Bonchev–Trinajstić information content (AvgIpc) is 2.29. The lowest BCUT2D eigenvalue weighted by Crippen LogP contribution is -2.39. The standard InChI is InChI=1S/C12H16BrNO/c13-11-3-1-2-9(6-11)10-4-5-14-12(7-10)8-15/h1-3,6,10,12,14-15H,4-5,7-8H2. The Balaban J connectivity index is 2.09. The van der Waals surface area contributed by atoms with Gasteiger partial charge in [0, 0.05) is 10.5 Å². The van der Waals surface area contributed by atoms with Crippen molar-refractivity contribution in [2.24, 2.45) is 0 Å². The van der Waals surface area contributed by atoms with Gasteiger partial charge in [-0.15, -0.1) is 0 Å². The summed E-state index contributed by atoms with van der Waals surface area (Å²) in [6.07, 6.45) is 2.19. The number of hydrogen-bond acceptors (Lipinski definition) is 2. The largest absolute Gasteiger partial charge is 0.395 e. The molecule has 1 fully saturated rings. The van der Waals surface area contributed by atoms with E-state index in [4.69, 9.17) is 5.11 Å². The molecule has 2 atom stereocenters. The van der Waals surface area contributed by atoms with Gasteiger partial charge < -0.3 is 10.4 Å². The molecule has 1 aliphatic rings. The maximum absolute atomic E-state index is 9.14. The number of aliphatic hydroxyl groups excluding tert-OH is 1. The molecule has 0 bridgehead atoms. The Morgan fingerprint density at radius 2 is 2.33 bits per heavy atom. The molecule has 1 saturated heterocycles. The smallest absolute Gasteiger partial charge is 0.0584 e. The summed E-state index contributed by atoms with van der Waals surface area (Å²) in [5.41, 5.74) is 1.38. The molecule has 0 aromatic heterocycles. The number of piperidine rings is 1. The second kappa shape index (κ2) is 5.10. The zero-order chi connectivity index (χ0) is 10.7. The second-order valence-corrected chi connectivity index (χ2v) is 5.03. The lowest BCUT2D eigenvalue weighted by atomic mass is 9.87. The molecule has 82 valence electrons. The van der Waals surface area contributed by atoms with Gasteiger partial charge in [0.2, 0.25) is 0 Å². The van der Waals surface area contributed by atoms with Crippen LogP contribution in [0.4, 0.5) is 0 Å². The van der Waals surface area contributed by atoms with Crippen molar-refractivity contribution in [1.29, 1.82) is 0 Å². The van der Waals surface area contributed by atoms with Crippen LogP contribution >= 0.6 is 15.9 Å². The molecule has 0 saturated carbocycles. The van der Waals surface area contributed by atoms with E-state index in [0.29, 0.717) is 5.92 Å². The summed E-state index contributed by atoms with van der Waals surface area (Å²) in [4.78, 5) is 0. The highest BCUT2D eigenvalue weighted by atomic mass is 79.9. The first kappa shape index (κ1) is 11.1. The molecular weight excluding hydrogens is 254 g/mol. The van der Waals surface area contributed by atoms with E-state index in [1.807, 2.05) is 6.07 Å². The topological polar surface area (TPSA) is 32.3 Å². The molecule has 1 aliphatic heterocycles. The summed E-state index contributed by atoms with van der Waals surface area (Å²) in [7, 11) is 0. The number of aliphatic hydroxyl groups is 1. The van der Waals surface area contributed by atoms with Crippen LogP contribution in [0.15, 0.2) is 28.7 Å². The lowest BCUT2D eigenvalue weighted by Gasteiger charge is -2.29. The normalized spacial score (nSPS) is 26.5. The minimum Gasteiger partial charge on any atom is -0.395 e. The number of hydrogen-bond donors (Lipinski definition) is 2. The fraction of sp³-hybridized carbons (Fsp3) is 0.500. The fourth-order valence-corrected chi connectivity index (χ4v) is 2.63. The Labute approximate surface area is 98.8 Å². The molecule has 0 aliphatic carbocycles. The minimum atomic E-state index is 0.241. The van der Waals surface area contributed by atoms with Gasteiger partial charge in [0.15, 0.2) is 0 Å². The lowest BCUT2D eigenvalue weighted by molar-refractivity contribution is 0.210. The van der Waals surface area contributed by atoms with E-state index in [2.05, 4.69) is 39.4 Å². The molecule has 3 heteroatoms. The van der Waals surface area contributed by atoms with E-state index in [1.165, 1.54) is 5.56 Å². The molecule has 0 radical (unpaired) electrons. The highest BCUT2D eigenvalue weighted by Crippen LogP contribution is 2.29. The molecule has 15 heavy (non-hydrogen) atoms. The number of benzene rings is 1. The molecule has 2 nitrogen and oxygen atoms in total. The Kier molecular flexibility index (Phi) is 3.78. The van der Waals surface area contributed by atoms with Gasteiger partial charge in [-0.05, 0) is 43.0 Å². The third kappa shape index (κ3) is 2.80. The van der Waals surface area contributed by atoms with E-state index in [9.17, 15) is 0 Å². The molecule has 0 amide bonds. The van der Waals surface area contributed by atoms with Crippen molar-refractivity contribution >= 4 is 15.9 Å². The third-order valence-electron chi connectivity index (χ3n) is 3.04. The number of nitrogens with one attached hydrogen (secondary N) is 1. The van der Waals surface area contributed by atoms with Crippen LogP contribution in [0.1, 0.15) is 24.3 Å². The predicted octanol–water partition coefficient (Wildman–Crippen LogP) is 2.28. The van der Waals surface area contributed by atoms with Crippen LogP contribution in [-0.4, -0.2) is 24.3 Å². The summed E-state index contributed by atoms with van der Waals surface area (Å²) in [5.74, 6) is 0.584. The van der Waals surface area contributed by atoms with Crippen molar-refractivity contribution in [3.63, 3.8) is 0 Å². The Hall–Kier alpha value is -0.380. The molecule has 2 rings (SSSR count). The SMILES string of the molecule is OCC1CC(c2cccc(Br)c2)CCN1. The first-order valence-corrected chi connectivity index (χ1v) is 6.18. The van der Waals surface area contributed by atoms with Crippen LogP contribution in [0.2, 0.25) is 0 Å². The molecule has 1 aromatic carbocycles. The van der Waals surface area contributed by atoms with Gasteiger partial charge in [-0.2, -0.15) is 0 Å². The van der Waals surface area contributed by atoms with Gasteiger partial charge in [0.1, 0.15) is 0 Å². The summed E-state index contributed by atoms with van der Waals surface area (Å²) in [6, 6.07) is 8.76. The Morgan fingerprint density at radius 1 is 1.47 bits per heavy atom. The van der Waals surface area contributed by atoms with Crippen LogP contribution in [0.3, 0.4) is 0 Å². The van der Waals surface area contributed by atoms with Crippen molar-refractivity contribution in [2.45, 2.75) is 24.8 Å². The van der Waals surface area contributed by atoms with Gasteiger partial charge in [0.25, 0.3) is 0 Å². The summed E-state index contributed by atoms with van der Waals surface area (Å²) >= 11 is 3.50. The van der Waals surface area contributed by atoms with E-state index in [1.54, 1.807) is 0 Å². The van der Waals surface area contributed by atoms with Crippen LogP contribution in [0.5, 0.6) is 0 Å². The minimum absolute atomic E-state index is 0.241. The summed E-state index contributed by atoms with van der Waals surface area (Å²) in [5, 5.41) is 12.5. The van der Waals surface area contributed by atoms with E-state index in [0.717, 1.165) is 23.9 Å². The molecular formula is C12H16BrNO. The monoisotopic (exact) mass is 269 g/mol. The van der Waals surface area contributed by atoms with Crippen molar-refractivity contribution in [1.82, 2.24) is 5.32 Å². The van der Waals surface area contributed by atoms with Gasteiger partial charge in [-0.3, -0.25) is 0 Å². The fourth-order valence-electron chi connectivity index (χ4n) is 2.21. The van der Waals surface area contributed by atoms with Crippen LogP contribution in [-0.2, 0) is 0 Å². The zero-order valence-electron chi connectivity index (χ0n) is 8.62. The third-order valence-corrected chi connectivity index (χ3v) is 3.53. The summed E-state index contributed by atoms with van der Waals surface area (Å²) < 4.78 is 1.14. The van der Waals surface area contributed by atoms with Crippen LogP contribution in [0, 0.1) is 0 Å². The first-order valence-electron chi connectivity index (χ1n) is 5.39. The Morgan fingerprint density at radius 3 is 3.07 bits per heavy atom. The summed E-state index contributed by atoms with van der Waals surface area (Å²) in [6.45, 7) is 1.24. The van der Waals surface area contributed by atoms with Gasteiger partial charge >= 0.3 is 0 Å². The molecule has 1 heterocycles. The van der Waals surface area contributed by atoms with Crippen LogP contribution < -0.4 is 5.32 Å². The molecule has 2 N–H and O–H groups in total. The van der Waals surface area contributed by atoms with Gasteiger partial charge in [-0.1, -0.05) is 28.1 Å². The average molecular weight is 270 g/mol. The van der Waals surface area contributed by atoms with Gasteiger partial charge in [0.05, 0.1) is 6.61 Å². The van der Waals surface area contributed by atoms with Crippen molar-refractivity contribution in [2.75, 3.05) is 13.2 Å². The van der Waals surface area contributed by atoms with Crippen LogP contribution in [0.25, 0.3) is 0 Å². The van der Waals surface area contributed by atoms with Crippen molar-refractivity contribution < 1.29 is 5.11 Å². The highest BCUT2D eigenvalue weighted by molar-refractivity contribution is 9.10. The quantitative estimate of drug-likeness (QED) is 0.864. The van der Waals surface area contributed by atoms with E-state index < -0.39 is 0 Å². The second-order valence-electron chi connectivity index (χ2n) is 4.11. The first-order chi connectivity index (χ1) is 7.29. The maximum atomic E-state index is 9.14. The van der Waals surface area contributed by atoms with Crippen molar-refractivity contribution in [3.05, 3.63) is 34.3 Å². The Bertz CT molecular complexity index is 329. The maximum Gasteiger partial charge on any atom is 0.0584 e. The predicted molar refractivity (Wildman–Crippen MR) is 65.0 cm³/mol. The van der Waals surface area contributed by atoms with E-state index in [-0.39, 0.29) is 12.6 Å². The van der Waals surface area contributed by atoms with Gasteiger partial charge in [-0.25, -0.2) is 0 Å². The molecule has 1 aromatic rings. The number of rotatable bonds is 2. The highest BCUT2D eigenvalue weighted by Gasteiger charge is 2.21. The van der Waals surface area contributed by atoms with E-state index >= 15 is 0 Å². The number of halogens is 1. The molecule has 2 unspecified atom stereocenters. The molecule has 0 spiro atoms. The zero-order valence-corrected chi connectivity index (χ0v) is 10.2. The van der Waals surface area contributed by atoms with Crippen molar-refractivity contribution in [3.8, 4) is 0 Å².